The molecule has 0 atom stereocenters. The largest absolute Gasteiger partial charge is 0.491 e. The molecule has 0 fully saturated rings. The highest BCUT2D eigenvalue weighted by atomic mass is 16.5. The Morgan fingerprint density at radius 3 is 2.57 bits per heavy atom. The fraction of sp³-hybridized carbons (Fsp3) is 0.435. The average molecular weight is 407 g/mol. The number of aryl methyl sites for hydroxylation is 3. The van der Waals surface area contributed by atoms with E-state index in [1.54, 1.807) is 0 Å². The van der Waals surface area contributed by atoms with Gasteiger partial charge in [-0.05, 0) is 49.9 Å². The van der Waals surface area contributed by atoms with Crippen LogP contribution in [0.3, 0.4) is 0 Å². The van der Waals surface area contributed by atoms with E-state index in [9.17, 15) is 0 Å². The van der Waals surface area contributed by atoms with Crippen LogP contribution in [-0.4, -0.2) is 32.9 Å². The van der Waals surface area contributed by atoms with Gasteiger partial charge in [-0.25, -0.2) is 4.98 Å². The molecule has 0 unspecified atom stereocenters. The summed E-state index contributed by atoms with van der Waals surface area (Å²) in [4.78, 5) is 11.3. The molecule has 3 heterocycles. The van der Waals surface area contributed by atoms with Gasteiger partial charge in [0.15, 0.2) is 0 Å². The first-order valence-corrected chi connectivity index (χ1v) is 10.4. The number of aromatic nitrogens is 4. The van der Waals surface area contributed by atoms with Crippen LogP contribution < -0.4 is 15.4 Å². The summed E-state index contributed by atoms with van der Waals surface area (Å²) in [6, 6.07) is 4.40. The number of benzene rings is 1. The molecule has 2 aromatic heterocycles. The van der Waals surface area contributed by atoms with Crippen molar-refractivity contribution in [2.24, 2.45) is 7.05 Å². The van der Waals surface area contributed by atoms with Crippen molar-refractivity contribution >= 4 is 11.8 Å². The first kappa shape index (κ1) is 20.2. The van der Waals surface area contributed by atoms with Crippen molar-refractivity contribution in [3.05, 3.63) is 46.4 Å². The van der Waals surface area contributed by atoms with Gasteiger partial charge in [-0.15, -0.1) is 0 Å². The Bertz CT molecular complexity index is 1100. The van der Waals surface area contributed by atoms with Gasteiger partial charge in [0.05, 0.1) is 12.7 Å². The molecule has 1 aliphatic heterocycles. The normalized spacial score (nSPS) is 13.9. The second-order valence-corrected chi connectivity index (χ2v) is 8.38. The van der Waals surface area contributed by atoms with Crippen LogP contribution in [0.5, 0.6) is 5.75 Å². The van der Waals surface area contributed by atoms with Crippen molar-refractivity contribution in [2.45, 2.75) is 47.1 Å². The third kappa shape index (κ3) is 3.49. The molecule has 2 N–H and O–H groups in total. The zero-order valence-electron chi connectivity index (χ0n) is 18.7. The first-order chi connectivity index (χ1) is 14.3. The van der Waals surface area contributed by atoms with E-state index in [2.05, 4.69) is 59.8 Å². The number of ether oxygens (including phenoxy) is 1. The van der Waals surface area contributed by atoms with Crippen LogP contribution >= 0.6 is 0 Å². The average Bonchev–Trinajstić information content (AvgIpc) is 2.88. The minimum Gasteiger partial charge on any atom is -0.491 e. The van der Waals surface area contributed by atoms with E-state index in [-0.39, 0.29) is 0 Å². The number of anilines is 2. The summed E-state index contributed by atoms with van der Waals surface area (Å²) in [6.45, 7) is 12.6. The molecule has 0 spiro atoms. The van der Waals surface area contributed by atoms with Crippen LogP contribution in [0.15, 0.2) is 18.3 Å². The zero-order chi connectivity index (χ0) is 21.6. The Morgan fingerprint density at radius 2 is 1.90 bits per heavy atom. The minimum atomic E-state index is 0.301. The molecule has 30 heavy (non-hydrogen) atoms. The van der Waals surface area contributed by atoms with Crippen molar-refractivity contribution in [2.75, 3.05) is 23.8 Å². The number of fused-ring (bicyclic) bond motifs is 1. The molecule has 0 saturated heterocycles. The van der Waals surface area contributed by atoms with E-state index >= 15 is 0 Å². The monoisotopic (exact) mass is 406 g/mol. The van der Waals surface area contributed by atoms with Gasteiger partial charge >= 0.3 is 0 Å². The van der Waals surface area contributed by atoms with E-state index in [1.807, 2.05) is 24.9 Å². The van der Waals surface area contributed by atoms with E-state index in [4.69, 9.17) is 10.5 Å². The maximum Gasteiger partial charge on any atom is 0.222 e. The van der Waals surface area contributed by atoms with E-state index in [0.29, 0.717) is 25.0 Å². The van der Waals surface area contributed by atoms with Crippen LogP contribution in [0.4, 0.5) is 11.8 Å². The predicted octanol–water partition coefficient (Wildman–Crippen LogP) is 3.91. The number of nitrogens with zero attached hydrogens (tertiary/aromatic N) is 5. The lowest BCUT2D eigenvalue weighted by molar-refractivity contribution is 0.329. The second kappa shape index (κ2) is 7.63. The fourth-order valence-corrected chi connectivity index (χ4v) is 4.34. The SMILES string of the molecule is Cc1cc(-c2cnn(C)c2C)cc2c1OCCN(c1nc(N)nc(C)c1C(C)C)C2. The molecular weight excluding hydrogens is 376 g/mol. The van der Waals surface area contributed by atoms with Crippen molar-refractivity contribution in [1.29, 1.82) is 0 Å². The number of hydrogen-bond donors (Lipinski definition) is 1. The van der Waals surface area contributed by atoms with Crippen LogP contribution in [-0.2, 0) is 13.6 Å². The zero-order valence-corrected chi connectivity index (χ0v) is 18.7. The Kier molecular flexibility index (Phi) is 5.13. The van der Waals surface area contributed by atoms with Crippen molar-refractivity contribution in [3.8, 4) is 16.9 Å². The molecule has 0 saturated carbocycles. The molecule has 0 aliphatic carbocycles. The summed E-state index contributed by atoms with van der Waals surface area (Å²) in [6.07, 6.45) is 1.93. The molecule has 4 rings (SSSR count). The topological polar surface area (TPSA) is 82.1 Å². The highest BCUT2D eigenvalue weighted by molar-refractivity contribution is 5.69. The standard InChI is InChI=1S/C23H30N6O/c1-13(2)20-15(4)26-23(24)27-22(20)29-7-8-30-21-14(3)9-17(10-18(21)12-29)19-11-25-28(6)16(19)5/h9-11,13H,7-8,12H2,1-6H3,(H2,24,26,27). The summed E-state index contributed by atoms with van der Waals surface area (Å²) in [5, 5.41) is 4.41. The van der Waals surface area contributed by atoms with E-state index in [0.717, 1.165) is 57.3 Å². The molecule has 7 nitrogen and oxygen atoms in total. The highest BCUT2D eigenvalue weighted by Gasteiger charge is 2.24. The Morgan fingerprint density at radius 1 is 1.13 bits per heavy atom. The van der Waals surface area contributed by atoms with E-state index in [1.165, 1.54) is 0 Å². The molecule has 0 radical (unpaired) electrons. The fourth-order valence-electron chi connectivity index (χ4n) is 4.34. The van der Waals surface area contributed by atoms with Gasteiger partial charge < -0.3 is 15.4 Å². The lowest BCUT2D eigenvalue weighted by atomic mass is 9.98. The Balaban J connectivity index is 1.80. The first-order valence-electron chi connectivity index (χ1n) is 10.4. The highest BCUT2D eigenvalue weighted by Crippen LogP contribution is 2.36. The molecule has 0 bridgehead atoms. The van der Waals surface area contributed by atoms with Crippen molar-refractivity contribution < 1.29 is 4.74 Å². The molecule has 158 valence electrons. The lowest BCUT2D eigenvalue weighted by Gasteiger charge is -2.26. The summed E-state index contributed by atoms with van der Waals surface area (Å²) < 4.78 is 8.08. The molecule has 7 heteroatoms. The Labute approximate surface area is 177 Å². The summed E-state index contributed by atoms with van der Waals surface area (Å²) in [5.74, 6) is 2.49. The van der Waals surface area contributed by atoms with Crippen LogP contribution in [0.2, 0.25) is 0 Å². The van der Waals surface area contributed by atoms with Gasteiger partial charge in [0.25, 0.3) is 0 Å². The van der Waals surface area contributed by atoms with Crippen molar-refractivity contribution in [3.63, 3.8) is 0 Å². The van der Waals surface area contributed by atoms with E-state index < -0.39 is 0 Å². The van der Waals surface area contributed by atoms with Crippen LogP contribution in [0.1, 0.15) is 47.8 Å². The Hall–Kier alpha value is -3.09. The van der Waals surface area contributed by atoms with Gasteiger partial charge in [0.2, 0.25) is 5.95 Å². The lowest BCUT2D eigenvalue weighted by Crippen LogP contribution is -2.28. The van der Waals surface area contributed by atoms with Gasteiger partial charge in [-0.3, -0.25) is 4.68 Å². The third-order valence-electron chi connectivity index (χ3n) is 5.88. The second-order valence-electron chi connectivity index (χ2n) is 8.38. The van der Waals surface area contributed by atoms with Crippen LogP contribution in [0, 0.1) is 20.8 Å². The molecule has 1 aliphatic rings. The molecule has 1 aromatic carbocycles. The number of nitrogen functional groups attached to an aromatic ring is 1. The third-order valence-corrected chi connectivity index (χ3v) is 5.88. The summed E-state index contributed by atoms with van der Waals surface area (Å²) >= 11 is 0. The molecule has 0 amide bonds. The van der Waals surface area contributed by atoms with Gasteiger partial charge in [0.1, 0.15) is 18.2 Å². The number of nitrogens with two attached hydrogens (primary N) is 1. The number of rotatable bonds is 3. The summed E-state index contributed by atoms with van der Waals surface area (Å²) in [5.41, 5.74) is 13.8. The minimum absolute atomic E-state index is 0.301. The van der Waals surface area contributed by atoms with Gasteiger partial charge in [0, 0.05) is 41.7 Å². The van der Waals surface area contributed by atoms with Gasteiger partial charge in [-0.2, -0.15) is 10.1 Å². The maximum absolute atomic E-state index is 6.18. The quantitative estimate of drug-likeness (QED) is 0.710. The predicted molar refractivity (Wildman–Crippen MR) is 120 cm³/mol. The smallest absolute Gasteiger partial charge is 0.222 e. The summed E-state index contributed by atoms with van der Waals surface area (Å²) in [7, 11) is 1.97. The van der Waals surface area contributed by atoms with Crippen LogP contribution in [0.25, 0.3) is 11.1 Å². The van der Waals surface area contributed by atoms with Gasteiger partial charge in [-0.1, -0.05) is 13.8 Å². The molecule has 3 aromatic rings. The number of hydrogen-bond acceptors (Lipinski definition) is 6. The molecular formula is C23H30N6O. The van der Waals surface area contributed by atoms with Crippen molar-refractivity contribution in [1.82, 2.24) is 19.7 Å². The maximum atomic E-state index is 6.18.